The standard InChI is InChI=1S/C17H20N2O2/c1-12(20)15-5-3-4-6-16(15)19-11-13-7-9-14(10-8-13)17(21)18-2/h3-10,12,19-20H,11H2,1-2H3,(H,18,21). The maximum absolute atomic E-state index is 11.5. The number of nitrogens with one attached hydrogen (secondary N) is 2. The highest BCUT2D eigenvalue weighted by atomic mass is 16.3. The monoisotopic (exact) mass is 284 g/mol. The number of hydrogen-bond acceptors (Lipinski definition) is 3. The Kier molecular flexibility index (Phi) is 4.95. The molecule has 0 saturated carbocycles. The van der Waals surface area contributed by atoms with Gasteiger partial charge in [-0.1, -0.05) is 30.3 Å². The summed E-state index contributed by atoms with van der Waals surface area (Å²) in [5, 5.41) is 15.7. The molecule has 0 aliphatic carbocycles. The smallest absolute Gasteiger partial charge is 0.251 e. The minimum absolute atomic E-state index is 0.0889. The zero-order chi connectivity index (χ0) is 15.2. The molecule has 0 fully saturated rings. The van der Waals surface area contributed by atoms with Gasteiger partial charge in [-0.3, -0.25) is 4.79 Å². The summed E-state index contributed by atoms with van der Waals surface area (Å²) in [7, 11) is 1.62. The molecular weight excluding hydrogens is 264 g/mol. The maximum atomic E-state index is 11.5. The second kappa shape index (κ2) is 6.90. The maximum Gasteiger partial charge on any atom is 0.251 e. The highest BCUT2D eigenvalue weighted by molar-refractivity contribution is 5.93. The number of anilines is 1. The largest absolute Gasteiger partial charge is 0.389 e. The molecule has 1 amide bonds. The van der Waals surface area contributed by atoms with E-state index in [4.69, 9.17) is 0 Å². The average Bonchev–Trinajstić information content (AvgIpc) is 2.52. The summed E-state index contributed by atoms with van der Waals surface area (Å²) in [6.45, 7) is 2.39. The van der Waals surface area contributed by atoms with Gasteiger partial charge in [-0.25, -0.2) is 0 Å². The number of para-hydroxylation sites is 1. The lowest BCUT2D eigenvalue weighted by Gasteiger charge is -2.14. The van der Waals surface area contributed by atoms with Crippen LogP contribution >= 0.6 is 0 Å². The van der Waals surface area contributed by atoms with E-state index in [1.807, 2.05) is 36.4 Å². The summed E-state index contributed by atoms with van der Waals surface area (Å²) in [6, 6.07) is 15.1. The van der Waals surface area contributed by atoms with E-state index in [1.54, 1.807) is 26.1 Å². The first-order valence-electron chi connectivity index (χ1n) is 6.93. The summed E-state index contributed by atoms with van der Waals surface area (Å²) in [5.41, 5.74) is 3.51. The normalized spacial score (nSPS) is 11.8. The summed E-state index contributed by atoms with van der Waals surface area (Å²) in [6.07, 6.45) is -0.510. The van der Waals surface area contributed by atoms with Crippen molar-refractivity contribution in [3.05, 3.63) is 65.2 Å². The Bertz CT molecular complexity index is 606. The van der Waals surface area contributed by atoms with Crippen molar-refractivity contribution in [2.45, 2.75) is 19.6 Å². The molecule has 0 aliphatic heterocycles. The molecule has 0 heterocycles. The molecule has 4 nitrogen and oxygen atoms in total. The van der Waals surface area contributed by atoms with Crippen molar-refractivity contribution < 1.29 is 9.90 Å². The topological polar surface area (TPSA) is 61.4 Å². The molecule has 110 valence electrons. The van der Waals surface area contributed by atoms with Crippen LogP contribution in [-0.2, 0) is 6.54 Å². The molecule has 1 atom stereocenters. The Labute approximate surface area is 124 Å². The van der Waals surface area contributed by atoms with E-state index in [9.17, 15) is 9.90 Å². The van der Waals surface area contributed by atoms with Crippen molar-refractivity contribution >= 4 is 11.6 Å². The first-order chi connectivity index (χ1) is 10.1. The Morgan fingerprint density at radius 1 is 1.14 bits per heavy atom. The van der Waals surface area contributed by atoms with Gasteiger partial charge in [0.15, 0.2) is 0 Å². The third-order valence-electron chi connectivity index (χ3n) is 3.34. The van der Waals surface area contributed by atoms with Gasteiger partial charge in [-0.05, 0) is 30.7 Å². The van der Waals surface area contributed by atoms with E-state index in [-0.39, 0.29) is 5.91 Å². The zero-order valence-electron chi connectivity index (χ0n) is 12.3. The molecule has 2 aromatic rings. The molecule has 0 bridgehead atoms. The van der Waals surface area contributed by atoms with Crippen molar-refractivity contribution in [2.75, 3.05) is 12.4 Å². The molecule has 2 rings (SSSR count). The quantitative estimate of drug-likeness (QED) is 0.791. The highest BCUT2D eigenvalue weighted by Gasteiger charge is 2.07. The fraction of sp³-hybridized carbons (Fsp3) is 0.235. The Morgan fingerprint density at radius 2 is 1.81 bits per heavy atom. The highest BCUT2D eigenvalue weighted by Crippen LogP contribution is 2.22. The van der Waals surface area contributed by atoms with Gasteiger partial charge < -0.3 is 15.7 Å². The lowest BCUT2D eigenvalue weighted by atomic mass is 10.1. The van der Waals surface area contributed by atoms with Crippen LogP contribution in [0.25, 0.3) is 0 Å². The fourth-order valence-electron chi connectivity index (χ4n) is 2.14. The predicted molar refractivity (Wildman–Crippen MR) is 84.2 cm³/mol. The summed E-state index contributed by atoms with van der Waals surface area (Å²) in [5.74, 6) is -0.0889. The first-order valence-corrected chi connectivity index (χ1v) is 6.93. The SMILES string of the molecule is CNC(=O)c1ccc(CNc2ccccc2C(C)O)cc1. The molecule has 21 heavy (non-hydrogen) atoms. The molecule has 0 spiro atoms. The van der Waals surface area contributed by atoms with Crippen molar-refractivity contribution in [1.82, 2.24) is 5.32 Å². The fourth-order valence-corrected chi connectivity index (χ4v) is 2.14. The van der Waals surface area contributed by atoms with E-state index in [1.165, 1.54) is 0 Å². The van der Waals surface area contributed by atoms with Crippen LogP contribution in [0.5, 0.6) is 0 Å². The van der Waals surface area contributed by atoms with Crippen molar-refractivity contribution in [1.29, 1.82) is 0 Å². The third kappa shape index (κ3) is 3.83. The second-order valence-corrected chi connectivity index (χ2v) is 4.89. The molecule has 3 N–H and O–H groups in total. The number of aliphatic hydroxyl groups is 1. The Balaban J connectivity index is 2.05. The molecule has 0 radical (unpaired) electrons. The molecular formula is C17H20N2O2. The van der Waals surface area contributed by atoms with Crippen LogP contribution in [0, 0.1) is 0 Å². The van der Waals surface area contributed by atoms with E-state index in [0.29, 0.717) is 12.1 Å². The number of hydrogen-bond donors (Lipinski definition) is 3. The van der Waals surface area contributed by atoms with Crippen LogP contribution in [0.4, 0.5) is 5.69 Å². The van der Waals surface area contributed by atoms with Gasteiger partial charge in [-0.2, -0.15) is 0 Å². The minimum atomic E-state index is -0.510. The van der Waals surface area contributed by atoms with E-state index in [2.05, 4.69) is 10.6 Å². The Hall–Kier alpha value is -2.33. The van der Waals surface area contributed by atoms with Gasteiger partial charge >= 0.3 is 0 Å². The van der Waals surface area contributed by atoms with Crippen molar-refractivity contribution in [3.63, 3.8) is 0 Å². The van der Waals surface area contributed by atoms with E-state index >= 15 is 0 Å². The van der Waals surface area contributed by atoms with Crippen LogP contribution in [0.3, 0.4) is 0 Å². The van der Waals surface area contributed by atoms with Crippen LogP contribution in [0.15, 0.2) is 48.5 Å². The summed E-state index contributed by atoms with van der Waals surface area (Å²) in [4.78, 5) is 11.5. The van der Waals surface area contributed by atoms with Crippen LogP contribution in [0.2, 0.25) is 0 Å². The number of rotatable bonds is 5. The molecule has 0 aliphatic rings. The molecule has 0 aromatic heterocycles. The van der Waals surface area contributed by atoms with Crippen molar-refractivity contribution in [2.24, 2.45) is 0 Å². The third-order valence-corrected chi connectivity index (χ3v) is 3.34. The van der Waals surface area contributed by atoms with Crippen LogP contribution < -0.4 is 10.6 Å². The van der Waals surface area contributed by atoms with Crippen molar-refractivity contribution in [3.8, 4) is 0 Å². The van der Waals surface area contributed by atoms with E-state index in [0.717, 1.165) is 16.8 Å². The zero-order valence-corrected chi connectivity index (χ0v) is 12.3. The lowest BCUT2D eigenvalue weighted by Crippen LogP contribution is -2.17. The van der Waals surface area contributed by atoms with Gasteiger partial charge in [-0.15, -0.1) is 0 Å². The number of benzene rings is 2. The molecule has 1 unspecified atom stereocenters. The van der Waals surface area contributed by atoms with Crippen LogP contribution in [-0.4, -0.2) is 18.1 Å². The van der Waals surface area contributed by atoms with Gasteiger partial charge in [0.2, 0.25) is 0 Å². The average molecular weight is 284 g/mol. The number of carbonyl (C=O) groups excluding carboxylic acids is 1. The first kappa shape index (κ1) is 15.1. The summed E-state index contributed by atoms with van der Waals surface area (Å²) < 4.78 is 0. The van der Waals surface area contributed by atoms with Gasteiger partial charge in [0.05, 0.1) is 6.10 Å². The van der Waals surface area contributed by atoms with Gasteiger partial charge in [0.1, 0.15) is 0 Å². The molecule has 2 aromatic carbocycles. The predicted octanol–water partition coefficient (Wildman–Crippen LogP) is 2.71. The number of carbonyl (C=O) groups is 1. The minimum Gasteiger partial charge on any atom is -0.389 e. The van der Waals surface area contributed by atoms with Gasteiger partial charge in [0.25, 0.3) is 5.91 Å². The summed E-state index contributed by atoms with van der Waals surface area (Å²) >= 11 is 0. The van der Waals surface area contributed by atoms with E-state index < -0.39 is 6.10 Å². The van der Waals surface area contributed by atoms with Gasteiger partial charge in [0, 0.05) is 30.4 Å². The number of amides is 1. The Morgan fingerprint density at radius 3 is 2.43 bits per heavy atom. The lowest BCUT2D eigenvalue weighted by molar-refractivity contribution is 0.0963. The van der Waals surface area contributed by atoms with Crippen LogP contribution in [0.1, 0.15) is 34.5 Å². The number of aliphatic hydroxyl groups excluding tert-OH is 1. The molecule has 0 saturated heterocycles. The second-order valence-electron chi connectivity index (χ2n) is 4.89. The molecule has 4 heteroatoms.